The van der Waals surface area contributed by atoms with Crippen LogP contribution in [0.2, 0.25) is 0 Å². The molecule has 0 bridgehead atoms. The number of likely N-dealkylation sites (tertiary alicyclic amines) is 1. The lowest BCUT2D eigenvalue weighted by Gasteiger charge is -2.35. The van der Waals surface area contributed by atoms with E-state index in [0.717, 1.165) is 74.6 Å². The SMILES string of the molecule is Cn1cc(-c2ccnc(N3CCCC3)n2)c([C@@H]2CCCN(C(=O)[C@@H]3CCCCO3)C2)n1. The smallest absolute Gasteiger partial charge is 0.251 e. The second kappa shape index (κ2) is 8.94. The van der Waals surface area contributed by atoms with E-state index in [9.17, 15) is 4.79 Å². The third-order valence-electron chi connectivity index (χ3n) is 6.74. The van der Waals surface area contributed by atoms with Gasteiger partial charge in [0.15, 0.2) is 0 Å². The largest absolute Gasteiger partial charge is 0.368 e. The lowest BCUT2D eigenvalue weighted by Crippen LogP contribution is -2.46. The van der Waals surface area contributed by atoms with Crippen LogP contribution >= 0.6 is 0 Å². The molecule has 0 N–H and O–H groups in total. The summed E-state index contributed by atoms with van der Waals surface area (Å²) < 4.78 is 7.63. The lowest BCUT2D eigenvalue weighted by atomic mass is 9.91. The summed E-state index contributed by atoms with van der Waals surface area (Å²) in [5.41, 5.74) is 3.01. The summed E-state index contributed by atoms with van der Waals surface area (Å²) in [7, 11) is 1.96. The van der Waals surface area contributed by atoms with Crippen LogP contribution < -0.4 is 4.90 Å². The Bertz CT molecular complexity index is 917. The van der Waals surface area contributed by atoms with Crippen molar-refractivity contribution in [3.05, 3.63) is 24.2 Å². The summed E-state index contributed by atoms with van der Waals surface area (Å²) in [6, 6.07) is 1.97. The maximum absolute atomic E-state index is 13.0. The minimum absolute atomic E-state index is 0.153. The Morgan fingerprint density at radius 2 is 1.97 bits per heavy atom. The second-order valence-electron chi connectivity index (χ2n) is 9.02. The van der Waals surface area contributed by atoms with Gasteiger partial charge in [-0.25, -0.2) is 9.97 Å². The monoisotopic (exact) mass is 424 g/mol. The number of piperidine rings is 1. The highest BCUT2D eigenvalue weighted by atomic mass is 16.5. The van der Waals surface area contributed by atoms with Gasteiger partial charge < -0.3 is 14.5 Å². The van der Waals surface area contributed by atoms with E-state index in [1.807, 2.05) is 28.9 Å². The highest BCUT2D eigenvalue weighted by molar-refractivity contribution is 5.81. The number of rotatable bonds is 4. The van der Waals surface area contributed by atoms with Gasteiger partial charge in [-0.15, -0.1) is 0 Å². The minimum atomic E-state index is -0.263. The van der Waals surface area contributed by atoms with E-state index in [2.05, 4.69) is 16.1 Å². The molecule has 3 saturated heterocycles. The third kappa shape index (κ3) is 4.31. The lowest BCUT2D eigenvalue weighted by molar-refractivity contribution is -0.147. The molecule has 0 radical (unpaired) electrons. The summed E-state index contributed by atoms with van der Waals surface area (Å²) in [6.45, 7) is 4.25. The van der Waals surface area contributed by atoms with Crippen LogP contribution in [0.15, 0.2) is 18.5 Å². The van der Waals surface area contributed by atoms with Crippen molar-refractivity contribution in [3.63, 3.8) is 0 Å². The topological polar surface area (TPSA) is 76.4 Å². The van der Waals surface area contributed by atoms with Crippen LogP contribution in [0.25, 0.3) is 11.3 Å². The first-order chi connectivity index (χ1) is 15.2. The van der Waals surface area contributed by atoms with Gasteiger partial charge in [0.05, 0.1) is 11.4 Å². The zero-order valence-electron chi connectivity index (χ0n) is 18.4. The maximum Gasteiger partial charge on any atom is 0.251 e. The van der Waals surface area contributed by atoms with Crippen molar-refractivity contribution in [2.45, 2.75) is 57.0 Å². The number of aromatic nitrogens is 4. The molecule has 2 atom stereocenters. The van der Waals surface area contributed by atoms with Gasteiger partial charge in [0.1, 0.15) is 6.10 Å². The van der Waals surface area contributed by atoms with Crippen LogP contribution in [-0.4, -0.2) is 69.4 Å². The number of aryl methyl sites for hydroxylation is 1. The molecule has 0 spiro atoms. The van der Waals surface area contributed by atoms with E-state index in [-0.39, 0.29) is 17.9 Å². The highest BCUT2D eigenvalue weighted by Crippen LogP contribution is 2.34. The molecule has 0 aliphatic carbocycles. The van der Waals surface area contributed by atoms with Crippen molar-refractivity contribution in [2.24, 2.45) is 7.05 Å². The Morgan fingerprint density at radius 3 is 2.77 bits per heavy atom. The summed E-state index contributed by atoms with van der Waals surface area (Å²) in [6.07, 6.45) is 11.0. The van der Waals surface area contributed by atoms with Gasteiger partial charge >= 0.3 is 0 Å². The van der Waals surface area contributed by atoms with Crippen LogP contribution in [0, 0.1) is 0 Å². The fraction of sp³-hybridized carbons (Fsp3) is 0.652. The predicted octanol–water partition coefficient (Wildman–Crippen LogP) is 2.75. The van der Waals surface area contributed by atoms with Gasteiger partial charge in [-0.1, -0.05) is 0 Å². The molecule has 0 saturated carbocycles. The fourth-order valence-corrected chi connectivity index (χ4v) is 5.11. The molecule has 5 heterocycles. The van der Waals surface area contributed by atoms with Gasteiger partial charge in [0.25, 0.3) is 5.91 Å². The van der Waals surface area contributed by atoms with Crippen LogP contribution in [0.4, 0.5) is 5.95 Å². The van der Waals surface area contributed by atoms with Crippen LogP contribution in [0.5, 0.6) is 0 Å². The van der Waals surface area contributed by atoms with Gasteiger partial charge in [-0.2, -0.15) is 5.10 Å². The molecule has 166 valence electrons. The molecule has 5 rings (SSSR count). The van der Waals surface area contributed by atoms with E-state index in [4.69, 9.17) is 14.8 Å². The van der Waals surface area contributed by atoms with Crippen molar-refractivity contribution in [1.82, 2.24) is 24.6 Å². The minimum Gasteiger partial charge on any atom is -0.368 e. The quantitative estimate of drug-likeness (QED) is 0.751. The van der Waals surface area contributed by atoms with Gasteiger partial charge in [0, 0.05) is 63.7 Å². The number of nitrogens with zero attached hydrogens (tertiary/aromatic N) is 6. The van der Waals surface area contributed by atoms with Crippen molar-refractivity contribution in [3.8, 4) is 11.3 Å². The molecule has 0 unspecified atom stereocenters. The molecule has 31 heavy (non-hydrogen) atoms. The Hall–Kier alpha value is -2.48. The molecule has 2 aromatic heterocycles. The normalized spacial score (nSPS) is 24.5. The van der Waals surface area contributed by atoms with E-state index >= 15 is 0 Å². The number of ether oxygens (including phenoxy) is 1. The number of amides is 1. The van der Waals surface area contributed by atoms with Crippen molar-refractivity contribution in [1.29, 1.82) is 0 Å². The highest BCUT2D eigenvalue weighted by Gasteiger charge is 2.33. The number of hydrogen-bond donors (Lipinski definition) is 0. The number of carbonyl (C=O) groups excluding carboxylic acids is 1. The average molecular weight is 425 g/mol. The molecule has 3 aliphatic heterocycles. The Labute approximate surface area is 183 Å². The van der Waals surface area contributed by atoms with Crippen LogP contribution in [-0.2, 0) is 16.6 Å². The zero-order valence-corrected chi connectivity index (χ0v) is 18.4. The number of hydrogen-bond acceptors (Lipinski definition) is 6. The standard InChI is InChI=1S/C23H32N6O2/c1-27-16-18(19-9-10-24-23(25-19)28-11-3-4-12-28)21(26-27)17-7-6-13-29(15-17)22(30)20-8-2-5-14-31-20/h9-10,16-17,20H,2-8,11-15H2,1H3/t17-,20+/m1/s1. The van der Waals surface area contributed by atoms with Gasteiger partial charge in [-0.05, 0) is 51.0 Å². The number of carbonyl (C=O) groups is 1. The molecule has 8 nitrogen and oxygen atoms in total. The molecule has 1 amide bonds. The van der Waals surface area contributed by atoms with Crippen LogP contribution in [0.3, 0.4) is 0 Å². The molecule has 8 heteroatoms. The first kappa shape index (κ1) is 20.4. The van der Waals surface area contributed by atoms with Gasteiger partial charge in [-0.3, -0.25) is 9.48 Å². The maximum atomic E-state index is 13.0. The summed E-state index contributed by atoms with van der Waals surface area (Å²) >= 11 is 0. The first-order valence-corrected chi connectivity index (χ1v) is 11.7. The molecular formula is C23H32N6O2. The van der Waals surface area contributed by atoms with E-state index in [1.165, 1.54) is 12.8 Å². The van der Waals surface area contributed by atoms with Crippen molar-refractivity contribution in [2.75, 3.05) is 37.7 Å². The van der Waals surface area contributed by atoms with E-state index in [1.54, 1.807) is 0 Å². The predicted molar refractivity (Wildman–Crippen MR) is 118 cm³/mol. The average Bonchev–Trinajstić information content (AvgIpc) is 3.49. The zero-order chi connectivity index (χ0) is 21.2. The fourth-order valence-electron chi connectivity index (χ4n) is 5.11. The molecule has 3 fully saturated rings. The molecule has 3 aliphatic rings. The van der Waals surface area contributed by atoms with Crippen LogP contribution in [0.1, 0.15) is 56.6 Å². The molecule has 2 aromatic rings. The Morgan fingerprint density at radius 1 is 1.10 bits per heavy atom. The van der Waals surface area contributed by atoms with Crippen molar-refractivity contribution < 1.29 is 9.53 Å². The summed E-state index contributed by atoms with van der Waals surface area (Å²) in [5.74, 6) is 1.17. The summed E-state index contributed by atoms with van der Waals surface area (Å²) in [4.78, 5) is 26.7. The summed E-state index contributed by atoms with van der Waals surface area (Å²) in [5, 5.41) is 4.82. The Kier molecular flexibility index (Phi) is 5.89. The second-order valence-corrected chi connectivity index (χ2v) is 9.02. The van der Waals surface area contributed by atoms with E-state index in [0.29, 0.717) is 13.2 Å². The number of anilines is 1. The van der Waals surface area contributed by atoms with Gasteiger partial charge in [0.2, 0.25) is 5.95 Å². The van der Waals surface area contributed by atoms with Crippen molar-refractivity contribution >= 4 is 11.9 Å². The third-order valence-corrected chi connectivity index (χ3v) is 6.74. The first-order valence-electron chi connectivity index (χ1n) is 11.7. The Balaban J connectivity index is 1.37. The van der Waals surface area contributed by atoms with E-state index < -0.39 is 0 Å². The molecule has 0 aromatic carbocycles. The molecular weight excluding hydrogens is 392 g/mol.